The van der Waals surface area contributed by atoms with Crippen molar-refractivity contribution >= 4 is 31.9 Å². The highest BCUT2D eigenvalue weighted by Gasteiger charge is 2.36. The summed E-state index contributed by atoms with van der Waals surface area (Å²) >= 11 is 3.35. The van der Waals surface area contributed by atoms with Crippen LogP contribution in [0.1, 0.15) is 12.5 Å². The summed E-state index contributed by atoms with van der Waals surface area (Å²) in [6.07, 6.45) is 1.18. The maximum atomic E-state index is 12.7. The number of rotatable bonds is 3. The summed E-state index contributed by atoms with van der Waals surface area (Å²) in [6.45, 7) is 3.01. The molecule has 8 heteroatoms. The van der Waals surface area contributed by atoms with Crippen LogP contribution in [0, 0.1) is 0 Å². The first-order valence-corrected chi connectivity index (χ1v) is 9.56. The third-order valence-corrected chi connectivity index (χ3v) is 5.71. The largest absolute Gasteiger partial charge is 0.338 e. The van der Waals surface area contributed by atoms with E-state index < -0.39 is 15.6 Å². The Bertz CT molecular complexity index is 650. The number of amides is 1. The number of sulfonamides is 1. The van der Waals surface area contributed by atoms with Gasteiger partial charge in [0.15, 0.2) is 0 Å². The standard InChI is InChI=1S/C14H20BrN3O3S/c1-14(16,11-3-5-12(15)6-4-11)13(19)17-7-9-18(10-8-17)22(2,20)21/h3-6H,7-10,16H2,1-2H3. The molecule has 0 spiro atoms. The van der Waals surface area contributed by atoms with E-state index in [9.17, 15) is 13.2 Å². The fourth-order valence-corrected chi connectivity index (χ4v) is 3.56. The Morgan fingerprint density at radius 1 is 1.18 bits per heavy atom. The molecule has 22 heavy (non-hydrogen) atoms. The van der Waals surface area contributed by atoms with Gasteiger partial charge in [-0.2, -0.15) is 4.31 Å². The van der Waals surface area contributed by atoms with Gasteiger partial charge in [0.2, 0.25) is 15.9 Å². The molecule has 1 aromatic carbocycles. The smallest absolute Gasteiger partial charge is 0.247 e. The van der Waals surface area contributed by atoms with Crippen LogP contribution >= 0.6 is 15.9 Å². The van der Waals surface area contributed by atoms with Crippen molar-refractivity contribution in [3.8, 4) is 0 Å². The van der Waals surface area contributed by atoms with Crippen molar-refractivity contribution < 1.29 is 13.2 Å². The first-order chi connectivity index (χ1) is 10.1. The van der Waals surface area contributed by atoms with E-state index in [1.165, 1.54) is 10.6 Å². The topological polar surface area (TPSA) is 83.7 Å². The fourth-order valence-electron chi connectivity index (χ4n) is 2.47. The maximum absolute atomic E-state index is 12.7. The minimum atomic E-state index is -3.21. The van der Waals surface area contributed by atoms with Gasteiger partial charge in [-0.25, -0.2) is 8.42 Å². The molecule has 6 nitrogen and oxygen atoms in total. The number of halogens is 1. The highest BCUT2D eigenvalue weighted by molar-refractivity contribution is 9.10. The third-order valence-electron chi connectivity index (χ3n) is 3.88. The number of benzene rings is 1. The van der Waals surface area contributed by atoms with Crippen LogP contribution in [0.3, 0.4) is 0 Å². The fraction of sp³-hybridized carbons (Fsp3) is 0.500. The van der Waals surface area contributed by atoms with E-state index in [-0.39, 0.29) is 5.91 Å². The predicted octanol–water partition coefficient (Wildman–Crippen LogP) is 0.727. The van der Waals surface area contributed by atoms with Crippen LogP contribution in [0.4, 0.5) is 0 Å². The lowest BCUT2D eigenvalue weighted by Crippen LogP contribution is -2.57. The Labute approximate surface area is 139 Å². The van der Waals surface area contributed by atoms with Crippen LogP contribution in [-0.4, -0.2) is 56.0 Å². The molecule has 1 amide bonds. The average molecular weight is 390 g/mol. The van der Waals surface area contributed by atoms with Crippen molar-refractivity contribution in [1.82, 2.24) is 9.21 Å². The summed E-state index contributed by atoms with van der Waals surface area (Å²) < 4.78 is 25.3. The van der Waals surface area contributed by atoms with Gasteiger partial charge in [0, 0.05) is 30.7 Å². The van der Waals surface area contributed by atoms with Crippen molar-refractivity contribution in [2.75, 3.05) is 32.4 Å². The van der Waals surface area contributed by atoms with E-state index in [4.69, 9.17) is 5.73 Å². The molecule has 0 aliphatic carbocycles. The first-order valence-electron chi connectivity index (χ1n) is 6.92. The van der Waals surface area contributed by atoms with Crippen LogP contribution in [0.2, 0.25) is 0 Å². The van der Waals surface area contributed by atoms with E-state index in [1.807, 2.05) is 24.3 Å². The van der Waals surface area contributed by atoms with Gasteiger partial charge in [-0.05, 0) is 24.6 Å². The van der Waals surface area contributed by atoms with Gasteiger partial charge in [0.05, 0.1) is 6.26 Å². The van der Waals surface area contributed by atoms with E-state index in [1.54, 1.807) is 11.8 Å². The SMILES string of the molecule is CC(N)(C(=O)N1CCN(S(C)(=O)=O)CC1)c1ccc(Br)cc1. The maximum Gasteiger partial charge on any atom is 0.247 e. The highest BCUT2D eigenvalue weighted by atomic mass is 79.9. The van der Waals surface area contributed by atoms with Gasteiger partial charge >= 0.3 is 0 Å². The number of hydrogen-bond donors (Lipinski definition) is 1. The van der Waals surface area contributed by atoms with Gasteiger partial charge in [0.1, 0.15) is 5.54 Å². The van der Waals surface area contributed by atoms with Crippen LogP contribution in [0.25, 0.3) is 0 Å². The van der Waals surface area contributed by atoms with Crippen LogP contribution in [0.15, 0.2) is 28.7 Å². The molecular formula is C14H20BrN3O3S. The Balaban J connectivity index is 2.10. The zero-order chi connectivity index (χ0) is 16.5. The van der Waals surface area contributed by atoms with Crippen LogP contribution < -0.4 is 5.73 Å². The second-order valence-electron chi connectivity index (χ2n) is 5.66. The molecule has 0 saturated carbocycles. The van der Waals surface area contributed by atoms with Crippen molar-refractivity contribution in [1.29, 1.82) is 0 Å². The van der Waals surface area contributed by atoms with E-state index in [0.29, 0.717) is 26.2 Å². The van der Waals surface area contributed by atoms with Crippen molar-refractivity contribution in [2.24, 2.45) is 5.73 Å². The molecule has 1 aliphatic rings. The van der Waals surface area contributed by atoms with E-state index >= 15 is 0 Å². The zero-order valence-corrected chi connectivity index (χ0v) is 15.0. The van der Waals surface area contributed by atoms with Crippen LogP contribution in [0.5, 0.6) is 0 Å². The highest BCUT2D eigenvalue weighted by Crippen LogP contribution is 2.23. The molecule has 1 unspecified atom stereocenters. The molecule has 1 aromatic rings. The minimum Gasteiger partial charge on any atom is -0.338 e. The molecule has 0 bridgehead atoms. The predicted molar refractivity (Wildman–Crippen MR) is 88.7 cm³/mol. The monoisotopic (exact) mass is 389 g/mol. The Hall–Kier alpha value is -0.960. The Kier molecular flexibility index (Phi) is 4.96. The number of carbonyl (C=O) groups is 1. The molecule has 1 atom stereocenters. The van der Waals surface area contributed by atoms with Crippen molar-refractivity contribution in [2.45, 2.75) is 12.5 Å². The van der Waals surface area contributed by atoms with Crippen molar-refractivity contribution in [3.63, 3.8) is 0 Å². The third kappa shape index (κ3) is 3.68. The number of nitrogens with two attached hydrogens (primary N) is 1. The summed E-state index contributed by atoms with van der Waals surface area (Å²) in [7, 11) is -3.21. The summed E-state index contributed by atoms with van der Waals surface area (Å²) in [5.74, 6) is -0.192. The minimum absolute atomic E-state index is 0.192. The summed E-state index contributed by atoms with van der Waals surface area (Å²) in [4.78, 5) is 14.3. The Morgan fingerprint density at radius 2 is 1.68 bits per heavy atom. The molecule has 0 aromatic heterocycles. The normalized spacial score (nSPS) is 19.7. The second kappa shape index (κ2) is 6.27. The lowest BCUT2D eigenvalue weighted by atomic mass is 9.91. The lowest BCUT2D eigenvalue weighted by Gasteiger charge is -2.37. The number of carbonyl (C=O) groups excluding carboxylic acids is 1. The number of hydrogen-bond acceptors (Lipinski definition) is 4. The number of nitrogens with zero attached hydrogens (tertiary/aromatic N) is 2. The molecule has 1 saturated heterocycles. The number of piperazine rings is 1. The van der Waals surface area contributed by atoms with Gasteiger partial charge in [-0.3, -0.25) is 4.79 Å². The summed E-state index contributed by atoms with van der Waals surface area (Å²) in [5.41, 5.74) is 5.84. The summed E-state index contributed by atoms with van der Waals surface area (Å²) in [6, 6.07) is 7.31. The lowest BCUT2D eigenvalue weighted by molar-refractivity contribution is -0.138. The molecule has 2 rings (SSSR count). The summed E-state index contributed by atoms with van der Waals surface area (Å²) in [5, 5.41) is 0. The van der Waals surface area contributed by atoms with Crippen molar-refractivity contribution in [3.05, 3.63) is 34.3 Å². The molecule has 1 fully saturated rings. The van der Waals surface area contributed by atoms with E-state index in [2.05, 4.69) is 15.9 Å². The van der Waals surface area contributed by atoms with E-state index in [0.717, 1.165) is 10.0 Å². The van der Waals surface area contributed by atoms with Gasteiger partial charge < -0.3 is 10.6 Å². The van der Waals surface area contributed by atoms with Gasteiger partial charge in [0.25, 0.3) is 0 Å². The quantitative estimate of drug-likeness (QED) is 0.825. The molecular weight excluding hydrogens is 370 g/mol. The van der Waals surface area contributed by atoms with Crippen LogP contribution in [-0.2, 0) is 20.4 Å². The molecule has 122 valence electrons. The first kappa shape index (κ1) is 17.4. The van der Waals surface area contributed by atoms with Gasteiger partial charge in [-0.1, -0.05) is 28.1 Å². The molecule has 0 radical (unpaired) electrons. The average Bonchev–Trinajstić information content (AvgIpc) is 2.46. The van der Waals surface area contributed by atoms with Gasteiger partial charge in [-0.15, -0.1) is 0 Å². The Morgan fingerprint density at radius 3 is 2.14 bits per heavy atom. The second-order valence-corrected chi connectivity index (χ2v) is 8.56. The molecule has 1 aliphatic heterocycles. The zero-order valence-electron chi connectivity index (χ0n) is 12.6. The molecule has 2 N–H and O–H groups in total. The molecule has 1 heterocycles.